The second kappa shape index (κ2) is 9.41. The van der Waals surface area contributed by atoms with Gasteiger partial charge in [-0.2, -0.15) is 0 Å². The summed E-state index contributed by atoms with van der Waals surface area (Å²) in [5, 5.41) is 0. The fraction of sp³-hybridized carbons (Fsp3) is 0.200. The van der Waals surface area contributed by atoms with E-state index < -0.39 is 0 Å². The van der Waals surface area contributed by atoms with Crippen LogP contribution in [0.3, 0.4) is 0 Å². The molecule has 0 bridgehead atoms. The van der Waals surface area contributed by atoms with E-state index in [1.807, 2.05) is 80.6 Å². The third-order valence-electron chi connectivity index (χ3n) is 5.55. The van der Waals surface area contributed by atoms with Gasteiger partial charge >= 0.3 is 0 Å². The number of carbonyl (C=O) groups excluding carboxylic acids is 1. The quantitative estimate of drug-likeness (QED) is 0.398. The molecule has 0 saturated heterocycles. The molecule has 3 nitrogen and oxygen atoms in total. The number of Topliss-reactive ketones (excluding diaryl/α,β-unsaturated/α-hetero) is 1. The minimum absolute atomic E-state index is 0.0677. The maximum atomic E-state index is 13.8. The molecule has 33 heavy (non-hydrogen) atoms. The zero-order valence-corrected chi connectivity index (χ0v) is 19.8. The van der Waals surface area contributed by atoms with E-state index in [0.717, 1.165) is 27.9 Å². The van der Waals surface area contributed by atoms with Crippen LogP contribution < -0.4 is 0 Å². The van der Waals surface area contributed by atoms with E-state index in [4.69, 9.17) is 9.73 Å². The molecule has 0 spiro atoms. The fourth-order valence-electron chi connectivity index (χ4n) is 4.22. The van der Waals surface area contributed by atoms with Crippen molar-refractivity contribution in [3.63, 3.8) is 0 Å². The molecule has 0 aromatic heterocycles. The predicted octanol–water partition coefficient (Wildman–Crippen LogP) is 7.19. The number of rotatable bonds is 5. The molecule has 1 aliphatic rings. The van der Waals surface area contributed by atoms with Gasteiger partial charge in [0.1, 0.15) is 5.71 Å². The van der Waals surface area contributed by atoms with E-state index >= 15 is 0 Å². The van der Waals surface area contributed by atoms with Gasteiger partial charge in [0.05, 0.1) is 22.9 Å². The van der Waals surface area contributed by atoms with Crippen molar-refractivity contribution < 1.29 is 9.53 Å². The van der Waals surface area contributed by atoms with Crippen LogP contribution in [0, 0.1) is 20.8 Å². The Morgan fingerprint density at radius 2 is 1.42 bits per heavy atom. The molecule has 0 saturated carbocycles. The zero-order valence-electron chi connectivity index (χ0n) is 19.8. The fourth-order valence-corrected chi connectivity index (χ4v) is 4.22. The summed E-state index contributed by atoms with van der Waals surface area (Å²) in [6.07, 6.45) is 1.81. The van der Waals surface area contributed by atoms with Crippen molar-refractivity contribution in [3.8, 4) is 0 Å². The second-order valence-electron chi connectivity index (χ2n) is 8.74. The monoisotopic (exact) mass is 435 g/mol. The summed E-state index contributed by atoms with van der Waals surface area (Å²) < 4.78 is 6.29. The van der Waals surface area contributed by atoms with Gasteiger partial charge in [-0.25, -0.2) is 4.99 Å². The van der Waals surface area contributed by atoms with Crippen LogP contribution in [0.25, 0.3) is 11.6 Å². The largest absolute Gasteiger partial charge is 0.488 e. The van der Waals surface area contributed by atoms with E-state index in [-0.39, 0.29) is 11.9 Å². The summed E-state index contributed by atoms with van der Waals surface area (Å²) in [5.74, 6) is 0.477. The standard InChI is InChI=1S/C30H29NO2/c1-19(2)33-30-26(24-14-10-7-11-15-24)29(32)25(18-23-12-8-6-9-13-23)28(30)31-27-21(4)16-20(3)17-22(27)5/h6-19H,1-5H3/b25-18-,31-28?. The van der Waals surface area contributed by atoms with Crippen LogP contribution in [0.15, 0.2) is 89.1 Å². The molecule has 1 aliphatic carbocycles. The number of nitrogens with zero attached hydrogens (tertiary/aromatic N) is 1. The number of hydrogen-bond donors (Lipinski definition) is 0. The molecular weight excluding hydrogens is 406 g/mol. The first-order valence-corrected chi connectivity index (χ1v) is 11.3. The summed E-state index contributed by atoms with van der Waals surface area (Å²) in [4.78, 5) is 18.9. The van der Waals surface area contributed by atoms with E-state index in [0.29, 0.717) is 22.6 Å². The Kier molecular flexibility index (Phi) is 6.41. The van der Waals surface area contributed by atoms with Crippen LogP contribution in [0.4, 0.5) is 5.69 Å². The van der Waals surface area contributed by atoms with Crippen LogP contribution in [0.5, 0.6) is 0 Å². The number of hydrogen-bond acceptors (Lipinski definition) is 3. The molecule has 0 fully saturated rings. The van der Waals surface area contributed by atoms with Gasteiger partial charge in [-0.3, -0.25) is 4.79 Å². The van der Waals surface area contributed by atoms with Crippen LogP contribution in [-0.4, -0.2) is 17.6 Å². The Bertz CT molecular complexity index is 1260. The SMILES string of the molecule is Cc1cc(C)c(N=C2C(OC(C)C)=C(c3ccccc3)C(=O)/C2=C\c2ccccc2)c(C)c1. The lowest BCUT2D eigenvalue weighted by molar-refractivity contribution is -0.109. The number of ketones is 1. The summed E-state index contributed by atoms with van der Waals surface area (Å²) in [6, 6.07) is 23.8. The van der Waals surface area contributed by atoms with Crippen molar-refractivity contribution in [1.82, 2.24) is 0 Å². The highest BCUT2D eigenvalue weighted by Gasteiger charge is 2.37. The molecule has 166 valence electrons. The van der Waals surface area contributed by atoms with Crippen LogP contribution in [0.2, 0.25) is 0 Å². The lowest BCUT2D eigenvalue weighted by Gasteiger charge is -2.15. The average Bonchev–Trinajstić information content (AvgIpc) is 3.02. The topological polar surface area (TPSA) is 38.7 Å². The number of aryl methyl sites for hydroxylation is 3. The molecule has 0 amide bonds. The third kappa shape index (κ3) is 4.73. The molecule has 3 aromatic carbocycles. The molecule has 0 heterocycles. The number of benzene rings is 3. The first-order chi connectivity index (χ1) is 15.8. The molecule has 3 aromatic rings. The summed E-state index contributed by atoms with van der Waals surface area (Å²) >= 11 is 0. The molecule has 0 N–H and O–H groups in total. The Morgan fingerprint density at radius 1 is 0.848 bits per heavy atom. The minimum atomic E-state index is -0.104. The van der Waals surface area contributed by atoms with E-state index in [9.17, 15) is 4.79 Å². The van der Waals surface area contributed by atoms with Gasteiger partial charge < -0.3 is 4.74 Å². The summed E-state index contributed by atoms with van der Waals surface area (Å²) in [6.45, 7) is 10.1. The van der Waals surface area contributed by atoms with Crippen LogP contribution in [-0.2, 0) is 9.53 Å². The van der Waals surface area contributed by atoms with Gasteiger partial charge in [-0.05, 0) is 62.9 Å². The highest BCUT2D eigenvalue weighted by atomic mass is 16.5. The normalized spacial score (nSPS) is 16.4. The summed E-state index contributed by atoms with van der Waals surface area (Å²) in [7, 11) is 0. The first kappa shape index (κ1) is 22.5. The molecule has 0 unspecified atom stereocenters. The zero-order chi connectivity index (χ0) is 23.5. The van der Waals surface area contributed by atoms with Gasteiger partial charge in [0.15, 0.2) is 11.5 Å². The maximum Gasteiger partial charge on any atom is 0.199 e. The number of allylic oxidation sites excluding steroid dienone is 2. The van der Waals surface area contributed by atoms with Gasteiger partial charge in [-0.1, -0.05) is 78.4 Å². The smallest absolute Gasteiger partial charge is 0.199 e. The molecule has 3 heteroatoms. The van der Waals surface area contributed by atoms with Crippen LogP contribution >= 0.6 is 0 Å². The number of ether oxygens (including phenoxy) is 1. The van der Waals surface area contributed by atoms with Gasteiger partial charge in [0.2, 0.25) is 0 Å². The van der Waals surface area contributed by atoms with Crippen molar-refractivity contribution in [1.29, 1.82) is 0 Å². The van der Waals surface area contributed by atoms with Crippen molar-refractivity contribution in [2.45, 2.75) is 40.7 Å². The Morgan fingerprint density at radius 3 is 2.00 bits per heavy atom. The van der Waals surface area contributed by atoms with Gasteiger partial charge in [0.25, 0.3) is 0 Å². The molecule has 0 aliphatic heterocycles. The lowest BCUT2D eigenvalue weighted by atomic mass is 10.0. The Hall–Kier alpha value is -3.72. The predicted molar refractivity (Wildman–Crippen MR) is 137 cm³/mol. The van der Waals surface area contributed by atoms with Crippen LogP contribution in [0.1, 0.15) is 41.7 Å². The average molecular weight is 436 g/mol. The molecule has 0 radical (unpaired) electrons. The Balaban J connectivity index is 2.01. The van der Waals surface area contributed by atoms with Gasteiger partial charge in [0, 0.05) is 0 Å². The van der Waals surface area contributed by atoms with Crippen molar-refractivity contribution in [3.05, 3.63) is 112 Å². The van der Waals surface area contributed by atoms with E-state index in [1.165, 1.54) is 5.56 Å². The minimum Gasteiger partial charge on any atom is -0.488 e. The molecule has 4 rings (SSSR count). The molecule has 0 atom stereocenters. The van der Waals surface area contributed by atoms with Crippen molar-refractivity contribution in [2.24, 2.45) is 4.99 Å². The highest BCUT2D eigenvalue weighted by Crippen LogP contribution is 2.38. The Labute approximate surface area is 196 Å². The molecular formula is C30H29NO2. The van der Waals surface area contributed by atoms with Crippen molar-refractivity contribution >= 4 is 28.8 Å². The maximum absolute atomic E-state index is 13.8. The summed E-state index contributed by atoms with van der Waals surface area (Å²) in [5.41, 5.74) is 7.70. The number of carbonyl (C=O) groups is 1. The van der Waals surface area contributed by atoms with Gasteiger partial charge in [-0.15, -0.1) is 0 Å². The lowest BCUT2D eigenvalue weighted by Crippen LogP contribution is -2.10. The highest BCUT2D eigenvalue weighted by molar-refractivity contribution is 6.52. The number of aliphatic imine (C=N–C) groups is 1. The third-order valence-corrected chi connectivity index (χ3v) is 5.55. The first-order valence-electron chi connectivity index (χ1n) is 11.3. The second-order valence-corrected chi connectivity index (χ2v) is 8.74. The van der Waals surface area contributed by atoms with E-state index in [1.54, 1.807) is 0 Å². The van der Waals surface area contributed by atoms with E-state index in [2.05, 4.69) is 32.9 Å². The van der Waals surface area contributed by atoms with Crippen molar-refractivity contribution in [2.75, 3.05) is 0 Å².